The summed E-state index contributed by atoms with van der Waals surface area (Å²) in [7, 11) is 0. The minimum Gasteiger partial charge on any atom is -0.436 e. The number of nitrogens with two attached hydrogens (primary N) is 1. The number of oxazole rings is 1. The SMILES string of the molecule is CCC[n+]1cc(Br)cc(-c2nc3cc(N)ccc3o2)c1. The topological polar surface area (TPSA) is 55.9 Å². The first-order chi connectivity index (χ1) is 9.65. The van der Waals surface area contributed by atoms with Crippen LogP contribution in [0.4, 0.5) is 5.69 Å². The molecular formula is C15H15BrN3O+. The molecule has 0 saturated heterocycles. The van der Waals surface area contributed by atoms with Gasteiger partial charge >= 0.3 is 0 Å². The van der Waals surface area contributed by atoms with E-state index >= 15 is 0 Å². The van der Waals surface area contributed by atoms with Gasteiger partial charge in [-0.25, -0.2) is 9.55 Å². The van der Waals surface area contributed by atoms with Gasteiger partial charge in [-0.3, -0.25) is 0 Å². The summed E-state index contributed by atoms with van der Waals surface area (Å²) in [5.74, 6) is 0.608. The Morgan fingerprint density at radius 2 is 2.15 bits per heavy atom. The molecule has 1 aromatic carbocycles. The van der Waals surface area contributed by atoms with E-state index in [2.05, 4.69) is 32.4 Å². The number of fused-ring (bicyclic) bond motifs is 1. The molecule has 2 N–H and O–H groups in total. The minimum absolute atomic E-state index is 0.608. The lowest BCUT2D eigenvalue weighted by molar-refractivity contribution is -0.697. The van der Waals surface area contributed by atoms with E-state index in [4.69, 9.17) is 10.2 Å². The maximum Gasteiger partial charge on any atom is 0.233 e. The summed E-state index contributed by atoms with van der Waals surface area (Å²) < 4.78 is 8.93. The summed E-state index contributed by atoms with van der Waals surface area (Å²) in [6.07, 6.45) is 5.17. The molecule has 3 rings (SSSR count). The predicted molar refractivity (Wildman–Crippen MR) is 82.0 cm³/mol. The van der Waals surface area contributed by atoms with E-state index in [1.165, 1.54) is 0 Å². The summed E-state index contributed by atoms with van der Waals surface area (Å²) in [6, 6.07) is 7.48. The fourth-order valence-electron chi connectivity index (χ4n) is 2.17. The number of nitrogen functional groups attached to an aromatic ring is 1. The number of anilines is 1. The van der Waals surface area contributed by atoms with Gasteiger partial charge in [0.2, 0.25) is 5.89 Å². The van der Waals surface area contributed by atoms with Gasteiger partial charge in [0, 0.05) is 12.1 Å². The van der Waals surface area contributed by atoms with Crippen LogP contribution in [0.3, 0.4) is 0 Å². The monoisotopic (exact) mass is 332 g/mol. The van der Waals surface area contributed by atoms with Crippen molar-refractivity contribution in [2.75, 3.05) is 5.73 Å². The second-order valence-corrected chi connectivity index (χ2v) is 5.64. The molecule has 0 amide bonds. The summed E-state index contributed by atoms with van der Waals surface area (Å²) in [4.78, 5) is 4.51. The van der Waals surface area contributed by atoms with Crippen LogP contribution in [0, 0.1) is 0 Å². The van der Waals surface area contributed by atoms with E-state index in [-0.39, 0.29) is 0 Å². The number of benzene rings is 1. The Hall–Kier alpha value is -1.88. The molecular weight excluding hydrogens is 318 g/mol. The summed E-state index contributed by atoms with van der Waals surface area (Å²) in [5.41, 5.74) is 8.93. The van der Waals surface area contributed by atoms with Crippen molar-refractivity contribution in [2.24, 2.45) is 0 Å². The van der Waals surface area contributed by atoms with Gasteiger partial charge in [-0.1, -0.05) is 6.92 Å². The average molecular weight is 333 g/mol. The molecule has 0 bridgehead atoms. The first-order valence-electron chi connectivity index (χ1n) is 6.52. The molecule has 2 aromatic heterocycles. The number of pyridine rings is 1. The third-order valence-corrected chi connectivity index (χ3v) is 3.46. The highest BCUT2D eigenvalue weighted by atomic mass is 79.9. The molecule has 0 atom stereocenters. The van der Waals surface area contributed by atoms with Crippen LogP contribution in [-0.4, -0.2) is 4.98 Å². The number of hydrogen-bond acceptors (Lipinski definition) is 3. The highest BCUT2D eigenvalue weighted by Gasteiger charge is 2.13. The van der Waals surface area contributed by atoms with E-state index in [9.17, 15) is 0 Å². The third-order valence-electron chi connectivity index (χ3n) is 3.03. The molecule has 0 fully saturated rings. The first kappa shape index (κ1) is 13.1. The molecule has 0 saturated carbocycles. The Kier molecular flexibility index (Phi) is 3.44. The number of hydrogen-bond donors (Lipinski definition) is 1. The Morgan fingerprint density at radius 3 is 2.95 bits per heavy atom. The first-order valence-corrected chi connectivity index (χ1v) is 7.31. The fourth-order valence-corrected chi connectivity index (χ4v) is 2.68. The second kappa shape index (κ2) is 5.25. The molecule has 3 aromatic rings. The quantitative estimate of drug-likeness (QED) is 0.589. The molecule has 5 heteroatoms. The molecule has 102 valence electrons. The van der Waals surface area contributed by atoms with Gasteiger partial charge < -0.3 is 10.2 Å². The van der Waals surface area contributed by atoms with Crippen LogP contribution in [0.5, 0.6) is 0 Å². The Morgan fingerprint density at radius 1 is 1.30 bits per heavy atom. The molecule has 0 spiro atoms. The van der Waals surface area contributed by atoms with Crippen LogP contribution in [0.25, 0.3) is 22.6 Å². The van der Waals surface area contributed by atoms with E-state index in [0.29, 0.717) is 11.6 Å². The lowest BCUT2D eigenvalue weighted by Crippen LogP contribution is -2.32. The number of halogens is 1. The van der Waals surface area contributed by atoms with Crippen molar-refractivity contribution >= 4 is 32.7 Å². The Bertz CT molecular complexity index is 767. The minimum atomic E-state index is 0.608. The lowest BCUT2D eigenvalue weighted by atomic mass is 10.3. The zero-order chi connectivity index (χ0) is 14.1. The van der Waals surface area contributed by atoms with Crippen molar-refractivity contribution in [1.82, 2.24) is 4.98 Å². The molecule has 2 heterocycles. The van der Waals surface area contributed by atoms with Crippen molar-refractivity contribution in [1.29, 1.82) is 0 Å². The smallest absolute Gasteiger partial charge is 0.233 e. The molecule has 0 aliphatic rings. The van der Waals surface area contributed by atoms with Crippen molar-refractivity contribution in [2.45, 2.75) is 19.9 Å². The fraction of sp³-hybridized carbons (Fsp3) is 0.200. The van der Waals surface area contributed by atoms with Crippen LogP contribution in [0.15, 0.2) is 45.5 Å². The molecule has 0 aliphatic carbocycles. The van der Waals surface area contributed by atoms with Gasteiger partial charge in [-0.2, -0.15) is 0 Å². The van der Waals surface area contributed by atoms with Crippen molar-refractivity contribution in [3.63, 3.8) is 0 Å². The maximum atomic E-state index is 5.80. The summed E-state index contributed by atoms with van der Waals surface area (Å²) >= 11 is 3.53. The number of rotatable bonds is 3. The van der Waals surface area contributed by atoms with Crippen molar-refractivity contribution in [3.05, 3.63) is 41.1 Å². The lowest BCUT2D eigenvalue weighted by Gasteiger charge is -1.98. The van der Waals surface area contributed by atoms with Crippen molar-refractivity contribution in [3.8, 4) is 11.5 Å². The predicted octanol–water partition coefficient (Wildman–Crippen LogP) is 3.54. The molecule has 20 heavy (non-hydrogen) atoms. The maximum absolute atomic E-state index is 5.80. The standard InChI is InChI=1S/C15H15BrN3O/c1-2-5-19-8-10(6-11(16)9-19)15-18-13-7-12(17)3-4-14(13)20-15/h3-4,6-9H,2,5,17H2,1H3/q+1. The van der Waals surface area contributed by atoms with E-state index < -0.39 is 0 Å². The van der Waals surface area contributed by atoms with Gasteiger partial charge in [0.25, 0.3) is 0 Å². The van der Waals surface area contributed by atoms with Gasteiger partial charge in [-0.05, 0) is 40.2 Å². The molecule has 0 unspecified atom stereocenters. The van der Waals surface area contributed by atoms with Crippen LogP contribution in [0.2, 0.25) is 0 Å². The number of aryl methyl sites for hydroxylation is 1. The zero-order valence-corrected chi connectivity index (χ0v) is 12.7. The third kappa shape index (κ3) is 2.54. The van der Waals surface area contributed by atoms with Gasteiger partial charge in [0.1, 0.15) is 17.6 Å². The van der Waals surface area contributed by atoms with E-state index in [1.54, 1.807) is 0 Å². The number of nitrogens with zero attached hydrogens (tertiary/aromatic N) is 2. The molecule has 0 aliphatic heterocycles. The van der Waals surface area contributed by atoms with Crippen LogP contribution >= 0.6 is 15.9 Å². The second-order valence-electron chi connectivity index (χ2n) is 4.73. The van der Waals surface area contributed by atoms with Crippen LogP contribution < -0.4 is 10.3 Å². The zero-order valence-electron chi connectivity index (χ0n) is 11.1. The highest BCUT2D eigenvalue weighted by Crippen LogP contribution is 2.26. The number of aromatic nitrogens is 2. The Balaban J connectivity index is 2.10. The molecule has 4 nitrogen and oxygen atoms in total. The molecule has 0 radical (unpaired) electrons. The summed E-state index contributed by atoms with van der Waals surface area (Å²) in [6.45, 7) is 3.11. The highest BCUT2D eigenvalue weighted by molar-refractivity contribution is 9.10. The van der Waals surface area contributed by atoms with Gasteiger partial charge in [0.05, 0.1) is 4.47 Å². The van der Waals surface area contributed by atoms with Crippen LogP contribution in [0.1, 0.15) is 13.3 Å². The van der Waals surface area contributed by atoms with Gasteiger partial charge in [0.15, 0.2) is 18.0 Å². The summed E-state index contributed by atoms with van der Waals surface area (Å²) in [5, 5.41) is 0. The normalized spacial score (nSPS) is 11.1. The Labute approximate surface area is 125 Å². The largest absolute Gasteiger partial charge is 0.436 e. The van der Waals surface area contributed by atoms with E-state index in [0.717, 1.165) is 34.1 Å². The van der Waals surface area contributed by atoms with Crippen LogP contribution in [-0.2, 0) is 6.54 Å². The van der Waals surface area contributed by atoms with E-state index in [1.807, 2.05) is 36.7 Å². The van der Waals surface area contributed by atoms with Gasteiger partial charge in [-0.15, -0.1) is 0 Å². The average Bonchev–Trinajstić information content (AvgIpc) is 2.81. The van der Waals surface area contributed by atoms with Crippen molar-refractivity contribution < 1.29 is 8.98 Å².